The fraction of sp³-hybridized carbons (Fsp3) is 0.133. The van der Waals surface area contributed by atoms with Crippen LogP contribution < -0.4 is 5.32 Å². The van der Waals surface area contributed by atoms with Crippen molar-refractivity contribution < 1.29 is 18.0 Å². The second-order valence-corrected chi connectivity index (χ2v) is 9.17. The second kappa shape index (κ2) is 10.5. The van der Waals surface area contributed by atoms with E-state index in [9.17, 15) is 18.0 Å². The summed E-state index contributed by atoms with van der Waals surface area (Å²) in [4.78, 5) is 16.9. The van der Waals surface area contributed by atoms with Crippen LogP contribution >= 0.6 is 0 Å². The van der Waals surface area contributed by atoms with E-state index in [2.05, 4.69) is 32.7 Å². The molecule has 0 aliphatic heterocycles. The molecular formula is C30H24F3N5O. The van der Waals surface area contributed by atoms with Crippen LogP contribution in [0.25, 0.3) is 28.2 Å². The first-order chi connectivity index (χ1) is 18.7. The molecule has 0 bridgehead atoms. The van der Waals surface area contributed by atoms with Crippen molar-refractivity contribution in [1.82, 2.24) is 25.3 Å². The average molecular weight is 528 g/mol. The monoisotopic (exact) mass is 527 g/mol. The molecular weight excluding hydrogens is 503 g/mol. The molecule has 2 heterocycles. The molecule has 0 aliphatic rings. The molecule has 1 amide bonds. The van der Waals surface area contributed by atoms with Gasteiger partial charge in [0.05, 0.1) is 23.1 Å². The quantitative estimate of drug-likeness (QED) is 0.271. The summed E-state index contributed by atoms with van der Waals surface area (Å²) in [6, 6.07) is 25.0. The normalized spacial score (nSPS) is 11.4. The van der Waals surface area contributed by atoms with E-state index in [-0.39, 0.29) is 17.3 Å². The van der Waals surface area contributed by atoms with Crippen molar-refractivity contribution in [3.63, 3.8) is 0 Å². The fourth-order valence-corrected chi connectivity index (χ4v) is 4.31. The maximum atomic E-state index is 13.2. The van der Waals surface area contributed by atoms with Gasteiger partial charge < -0.3 is 5.32 Å². The second-order valence-electron chi connectivity index (χ2n) is 9.17. The Hall–Kier alpha value is -4.79. The molecule has 2 aromatic heterocycles. The van der Waals surface area contributed by atoms with E-state index in [0.29, 0.717) is 17.8 Å². The highest BCUT2D eigenvalue weighted by Gasteiger charge is 2.32. The molecule has 3 aromatic carbocycles. The summed E-state index contributed by atoms with van der Waals surface area (Å²) in [6.07, 6.45) is -3.12. The Morgan fingerprint density at radius 3 is 2.44 bits per heavy atom. The Kier molecular flexibility index (Phi) is 6.98. The number of amides is 1. The minimum Gasteiger partial charge on any atom is -0.348 e. The molecule has 1 N–H and O–H groups in total. The standard InChI is InChI=1S/C30H24F3N5O/c1-19-11-13-24(29(39)34-17-21-12-14-23(20(2)16-21)22-7-4-3-5-8-22)27(15-19)38-18-26(36-37-38)25-9-6-10-28(35-25)30(31,32)33/h3-16,18H,17H2,1-2H3,(H,34,39). The molecule has 0 atom stereocenters. The lowest BCUT2D eigenvalue weighted by Gasteiger charge is -2.12. The van der Waals surface area contributed by atoms with Gasteiger partial charge in [-0.25, -0.2) is 9.67 Å². The first-order valence-electron chi connectivity index (χ1n) is 12.2. The smallest absolute Gasteiger partial charge is 0.348 e. The molecule has 39 heavy (non-hydrogen) atoms. The Morgan fingerprint density at radius 1 is 0.897 bits per heavy atom. The lowest BCUT2D eigenvalue weighted by Crippen LogP contribution is -2.24. The molecule has 0 saturated heterocycles. The van der Waals surface area contributed by atoms with Gasteiger partial charge in [-0.05, 0) is 65.9 Å². The summed E-state index contributed by atoms with van der Waals surface area (Å²) in [5.74, 6) is -0.316. The fourth-order valence-electron chi connectivity index (χ4n) is 4.31. The number of carbonyl (C=O) groups is 1. The van der Waals surface area contributed by atoms with Gasteiger partial charge >= 0.3 is 6.18 Å². The molecule has 6 nitrogen and oxygen atoms in total. The van der Waals surface area contributed by atoms with Crippen molar-refractivity contribution in [1.29, 1.82) is 0 Å². The van der Waals surface area contributed by atoms with Crippen LogP contribution in [0.5, 0.6) is 0 Å². The number of carbonyl (C=O) groups excluding carboxylic acids is 1. The zero-order valence-corrected chi connectivity index (χ0v) is 21.2. The van der Waals surface area contributed by atoms with E-state index in [1.807, 2.05) is 56.3 Å². The minimum atomic E-state index is -4.58. The molecule has 0 fully saturated rings. The first-order valence-corrected chi connectivity index (χ1v) is 12.2. The van der Waals surface area contributed by atoms with Gasteiger partial charge in [-0.3, -0.25) is 4.79 Å². The molecule has 0 unspecified atom stereocenters. The van der Waals surface area contributed by atoms with E-state index in [1.165, 1.54) is 23.0 Å². The predicted molar refractivity (Wildman–Crippen MR) is 142 cm³/mol. The van der Waals surface area contributed by atoms with E-state index in [1.54, 1.807) is 12.1 Å². The minimum absolute atomic E-state index is 0.0315. The molecule has 5 aromatic rings. The summed E-state index contributed by atoms with van der Waals surface area (Å²) in [5, 5.41) is 11.0. The lowest BCUT2D eigenvalue weighted by molar-refractivity contribution is -0.141. The highest BCUT2D eigenvalue weighted by molar-refractivity contribution is 5.97. The molecule has 0 aliphatic carbocycles. The first kappa shape index (κ1) is 25.8. The Labute approximate surface area is 223 Å². The van der Waals surface area contributed by atoms with Crippen molar-refractivity contribution in [2.24, 2.45) is 0 Å². The highest BCUT2D eigenvalue weighted by atomic mass is 19.4. The summed E-state index contributed by atoms with van der Waals surface area (Å²) in [6.45, 7) is 4.22. The number of rotatable bonds is 6. The van der Waals surface area contributed by atoms with Gasteiger partial charge in [0.25, 0.3) is 5.91 Å². The van der Waals surface area contributed by atoms with Crippen molar-refractivity contribution >= 4 is 5.91 Å². The van der Waals surface area contributed by atoms with Crippen LogP contribution in [0.3, 0.4) is 0 Å². The van der Waals surface area contributed by atoms with Crippen molar-refractivity contribution in [2.75, 3.05) is 0 Å². The number of pyridine rings is 1. The van der Waals surface area contributed by atoms with Crippen LogP contribution in [-0.4, -0.2) is 25.9 Å². The summed E-state index contributed by atoms with van der Waals surface area (Å²) >= 11 is 0. The number of benzene rings is 3. The average Bonchev–Trinajstić information content (AvgIpc) is 3.42. The maximum Gasteiger partial charge on any atom is 0.433 e. The molecule has 5 rings (SSSR count). The number of aromatic nitrogens is 4. The SMILES string of the molecule is Cc1ccc(C(=O)NCc2ccc(-c3ccccc3)c(C)c2)c(-n2cc(-c3cccc(C(F)(F)F)n3)nn2)c1. The van der Waals surface area contributed by atoms with Crippen molar-refractivity contribution in [3.8, 4) is 28.2 Å². The molecule has 196 valence electrons. The summed E-state index contributed by atoms with van der Waals surface area (Å²) < 4.78 is 40.7. The predicted octanol–water partition coefficient (Wildman–Crippen LogP) is 6.56. The van der Waals surface area contributed by atoms with Gasteiger partial charge in [0.1, 0.15) is 11.4 Å². The van der Waals surface area contributed by atoms with Gasteiger partial charge in [0.2, 0.25) is 0 Å². The number of hydrogen-bond donors (Lipinski definition) is 1. The maximum absolute atomic E-state index is 13.2. The number of alkyl halides is 3. The Bertz CT molecular complexity index is 1640. The third-order valence-electron chi connectivity index (χ3n) is 6.27. The van der Waals surface area contributed by atoms with Crippen LogP contribution in [0, 0.1) is 13.8 Å². The van der Waals surface area contributed by atoms with Crippen LogP contribution in [0.15, 0.2) is 91.1 Å². The Balaban J connectivity index is 1.36. The van der Waals surface area contributed by atoms with E-state index < -0.39 is 11.9 Å². The van der Waals surface area contributed by atoms with Crippen LogP contribution in [0.1, 0.15) is 32.7 Å². The van der Waals surface area contributed by atoms with Gasteiger partial charge in [-0.15, -0.1) is 5.10 Å². The van der Waals surface area contributed by atoms with Gasteiger partial charge in [0.15, 0.2) is 0 Å². The summed E-state index contributed by atoms with van der Waals surface area (Å²) in [7, 11) is 0. The molecule has 0 spiro atoms. The largest absolute Gasteiger partial charge is 0.433 e. The topological polar surface area (TPSA) is 72.7 Å². The van der Waals surface area contributed by atoms with Crippen molar-refractivity contribution in [2.45, 2.75) is 26.6 Å². The third-order valence-corrected chi connectivity index (χ3v) is 6.27. The third kappa shape index (κ3) is 5.72. The van der Waals surface area contributed by atoms with E-state index >= 15 is 0 Å². The highest BCUT2D eigenvalue weighted by Crippen LogP contribution is 2.29. The van der Waals surface area contributed by atoms with Crippen molar-refractivity contribution in [3.05, 3.63) is 119 Å². The van der Waals surface area contributed by atoms with E-state index in [0.717, 1.165) is 33.9 Å². The van der Waals surface area contributed by atoms with Gasteiger partial charge in [-0.1, -0.05) is 65.9 Å². The van der Waals surface area contributed by atoms with Gasteiger partial charge in [-0.2, -0.15) is 13.2 Å². The number of halogens is 3. The van der Waals surface area contributed by atoms with E-state index in [4.69, 9.17) is 0 Å². The zero-order valence-electron chi connectivity index (χ0n) is 21.2. The lowest BCUT2D eigenvalue weighted by atomic mass is 9.98. The number of aryl methyl sites for hydroxylation is 2. The Morgan fingerprint density at radius 2 is 1.69 bits per heavy atom. The summed E-state index contributed by atoms with van der Waals surface area (Å²) in [5.41, 5.74) is 5.16. The van der Waals surface area contributed by atoms with Gasteiger partial charge in [0, 0.05) is 6.54 Å². The number of nitrogens with one attached hydrogen (secondary N) is 1. The van der Waals surface area contributed by atoms with Crippen LogP contribution in [0.4, 0.5) is 13.2 Å². The molecule has 0 radical (unpaired) electrons. The number of nitrogens with zero attached hydrogens (tertiary/aromatic N) is 4. The number of hydrogen-bond acceptors (Lipinski definition) is 4. The van der Waals surface area contributed by atoms with Crippen LogP contribution in [0.2, 0.25) is 0 Å². The molecule has 0 saturated carbocycles. The zero-order chi connectivity index (χ0) is 27.6. The molecule has 9 heteroatoms. The van der Waals surface area contributed by atoms with Crippen LogP contribution in [-0.2, 0) is 12.7 Å².